The van der Waals surface area contributed by atoms with E-state index in [0.717, 1.165) is 19.4 Å². The van der Waals surface area contributed by atoms with Crippen molar-refractivity contribution in [2.75, 3.05) is 13.7 Å². The molecule has 0 radical (unpaired) electrons. The molecule has 2 aliphatic rings. The van der Waals surface area contributed by atoms with E-state index in [2.05, 4.69) is 15.4 Å². The molecule has 0 bridgehead atoms. The Bertz CT molecular complexity index is 913. The molecule has 0 aromatic heterocycles. The first-order valence-corrected chi connectivity index (χ1v) is 11.8. The number of alkyl halides is 3. The van der Waals surface area contributed by atoms with E-state index >= 15 is 0 Å². The maximum atomic E-state index is 12.7. The highest BCUT2D eigenvalue weighted by Crippen LogP contribution is 2.46. The summed E-state index contributed by atoms with van der Waals surface area (Å²) >= 11 is 0. The second-order valence-electron chi connectivity index (χ2n) is 8.36. The first-order chi connectivity index (χ1) is 14.9. The Balaban J connectivity index is 1.68. The van der Waals surface area contributed by atoms with E-state index in [1.54, 1.807) is 6.92 Å². The molecule has 1 unspecified atom stereocenters. The molecule has 8 nitrogen and oxygen atoms in total. The summed E-state index contributed by atoms with van der Waals surface area (Å²) in [6.07, 6.45) is -5.48. The predicted molar refractivity (Wildman–Crippen MR) is 109 cm³/mol. The predicted octanol–water partition coefficient (Wildman–Crippen LogP) is 1.35. The van der Waals surface area contributed by atoms with Crippen molar-refractivity contribution >= 4 is 15.9 Å². The highest BCUT2D eigenvalue weighted by atomic mass is 32.2. The lowest BCUT2D eigenvalue weighted by atomic mass is 9.96. The second-order valence-corrected chi connectivity index (χ2v) is 10.0. The Hall–Kier alpha value is -1.73. The molecule has 1 amide bonds. The van der Waals surface area contributed by atoms with E-state index in [-0.39, 0.29) is 10.9 Å². The molecule has 1 aromatic carbocycles. The third-order valence-electron chi connectivity index (χ3n) is 6.10. The van der Waals surface area contributed by atoms with Crippen LogP contribution < -0.4 is 15.4 Å². The van der Waals surface area contributed by atoms with Crippen molar-refractivity contribution in [1.29, 1.82) is 0 Å². The van der Waals surface area contributed by atoms with Gasteiger partial charge in [-0.15, -0.1) is 0 Å². The zero-order chi connectivity index (χ0) is 23.7. The number of nitrogens with one attached hydrogen (secondary N) is 3. The van der Waals surface area contributed by atoms with Gasteiger partial charge in [-0.05, 0) is 49.9 Å². The topological polar surface area (TPSA) is 117 Å². The highest BCUT2D eigenvalue weighted by molar-refractivity contribution is 7.90. The van der Waals surface area contributed by atoms with Crippen LogP contribution in [0.3, 0.4) is 0 Å². The van der Waals surface area contributed by atoms with E-state index in [9.17, 15) is 31.5 Å². The monoisotopic (exact) mass is 479 g/mol. The summed E-state index contributed by atoms with van der Waals surface area (Å²) in [4.78, 5) is 12.4. The minimum absolute atomic E-state index is 0.0444. The van der Waals surface area contributed by atoms with Crippen LogP contribution in [0.4, 0.5) is 13.2 Å². The summed E-state index contributed by atoms with van der Waals surface area (Å²) in [5.41, 5.74) is -0.638. The Morgan fingerprint density at radius 3 is 2.38 bits per heavy atom. The van der Waals surface area contributed by atoms with Gasteiger partial charge in [0.05, 0.1) is 16.9 Å². The highest BCUT2D eigenvalue weighted by Gasteiger charge is 2.50. The standard InChI is InChI=1S/C20H28F3N3O5S/c1-12(16(31-2)15-4-3-11-24-15)17(27)26-32(29,30)14-7-5-13(6-8-14)19(9-10-19)25-18(28)20(21,22)23/h5-8,12,15-16,18,24-25,28H,3-4,9-11H2,1-2H3,(H,26,27)/t12-,15+,16-,18?/m1/s1. The Morgan fingerprint density at radius 2 is 1.91 bits per heavy atom. The van der Waals surface area contributed by atoms with Gasteiger partial charge in [-0.25, -0.2) is 13.1 Å². The summed E-state index contributed by atoms with van der Waals surface area (Å²) in [5, 5.41) is 14.7. The number of rotatable bonds is 9. The van der Waals surface area contributed by atoms with Crippen molar-refractivity contribution in [3.63, 3.8) is 0 Å². The van der Waals surface area contributed by atoms with Crippen molar-refractivity contribution in [3.8, 4) is 0 Å². The van der Waals surface area contributed by atoms with Crippen LogP contribution in [-0.2, 0) is 25.1 Å². The molecule has 4 N–H and O–H groups in total. The van der Waals surface area contributed by atoms with E-state index < -0.39 is 45.9 Å². The molecule has 1 aliphatic heterocycles. The number of hydrogen-bond donors (Lipinski definition) is 4. The van der Waals surface area contributed by atoms with Gasteiger partial charge in [0.25, 0.3) is 10.0 Å². The van der Waals surface area contributed by atoms with Gasteiger partial charge in [-0.2, -0.15) is 13.2 Å². The van der Waals surface area contributed by atoms with Crippen molar-refractivity contribution in [2.45, 2.75) is 67.6 Å². The van der Waals surface area contributed by atoms with E-state index in [1.807, 2.05) is 0 Å². The number of hydrogen-bond acceptors (Lipinski definition) is 7. The third kappa shape index (κ3) is 5.42. The normalized spacial score (nSPS) is 23.4. The lowest BCUT2D eigenvalue weighted by Gasteiger charge is -2.27. The number of aliphatic hydroxyl groups is 1. The lowest BCUT2D eigenvalue weighted by molar-refractivity contribution is -0.217. The second kappa shape index (κ2) is 9.26. The van der Waals surface area contributed by atoms with Crippen LogP contribution in [0.1, 0.15) is 38.2 Å². The molecule has 180 valence electrons. The van der Waals surface area contributed by atoms with Gasteiger partial charge >= 0.3 is 6.18 Å². The average molecular weight is 480 g/mol. The summed E-state index contributed by atoms with van der Waals surface area (Å²) in [5.74, 6) is -1.43. The van der Waals surface area contributed by atoms with Crippen LogP contribution in [-0.4, -0.2) is 57.6 Å². The molecule has 12 heteroatoms. The number of aliphatic hydroxyl groups excluding tert-OH is 1. The molecule has 1 heterocycles. The third-order valence-corrected chi connectivity index (χ3v) is 7.46. The van der Waals surface area contributed by atoms with Crippen molar-refractivity contribution in [2.24, 2.45) is 5.92 Å². The fourth-order valence-corrected chi connectivity index (χ4v) is 5.14. The van der Waals surface area contributed by atoms with Gasteiger partial charge in [0, 0.05) is 18.7 Å². The van der Waals surface area contributed by atoms with Gasteiger partial charge in [-0.1, -0.05) is 19.1 Å². The first kappa shape index (κ1) is 24.9. The molecule has 1 aromatic rings. The molecule has 1 aliphatic carbocycles. The van der Waals surface area contributed by atoms with Crippen LogP contribution in [0, 0.1) is 5.92 Å². The molecule has 4 atom stereocenters. The van der Waals surface area contributed by atoms with Crippen molar-refractivity contribution in [3.05, 3.63) is 29.8 Å². The number of carbonyl (C=O) groups excluding carboxylic acids is 1. The Kier molecular flexibility index (Phi) is 7.20. The summed E-state index contributed by atoms with van der Waals surface area (Å²) in [6, 6.07) is 5.17. The van der Waals surface area contributed by atoms with Crippen molar-refractivity contribution in [1.82, 2.24) is 15.4 Å². The minimum Gasteiger partial charge on any atom is -0.379 e. The fourth-order valence-electron chi connectivity index (χ4n) is 4.08. The number of carbonyl (C=O) groups is 1. The van der Waals surface area contributed by atoms with Crippen LogP contribution >= 0.6 is 0 Å². The maximum absolute atomic E-state index is 12.7. The number of methoxy groups -OCH3 is 1. The first-order valence-electron chi connectivity index (χ1n) is 10.4. The van der Waals surface area contributed by atoms with Gasteiger partial charge in [0.15, 0.2) is 0 Å². The molecule has 0 spiro atoms. The Labute approximate surface area is 185 Å². The van der Waals surface area contributed by atoms with Crippen LogP contribution in [0.2, 0.25) is 0 Å². The summed E-state index contributed by atoms with van der Waals surface area (Å²) in [6.45, 7) is 2.40. The van der Waals surface area contributed by atoms with Gasteiger partial charge in [0.1, 0.15) is 0 Å². The maximum Gasteiger partial charge on any atom is 0.427 e. The van der Waals surface area contributed by atoms with Crippen LogP contribution in [0.5, 0.6) is 0 Å². The van der Waals surface area contributed by atoms with Gasteiger partial charge in [0.2, 0.25) is 12.1 Å². The fraction of sp³-hybridized carbons (Fsp3) is 0.650. The van der Waals surface area contributed by atoms with Crippen molar-refractivity contribution < 1.29 is 36.2 Å². The summed E-state index contributed by atoms with van der Waals surface area (Å²) < 4.78 is 70.8. The molecule has 3 rings (SSSR count). The van der Waals surface area contributed by atoms with Crippen LogP contribution in [0.15, 0.2) is 29.2 Å². The number of amides is 1. The Morgan fingerprint density at radius 1 is 1.28 bits per heavy atom. The van der Waals surface area contributed by atoms with Gasteiger partial charge in [-0.3, -0.25) is 10.1 Å². The van der Waals surface area contributed by atoms with Gasteiger partial charge < -0.3 is 15.2 Å². The summed E-state index contributed by atoms with van der Waals surface area (Å²) in [7, 11) is -2.71. The smallest absolute Gasteiger partial charge is 0.379 e. The zero-order valence-electron chi connectivity index (χ0n) is 17.8. The number of halogens is 3. The average Bonchev–Trinajstić information content (AvgIpc) is 3.30. The molecule has 2 fully saturated rings. The molecule has 1 saturated heterocycles. The zero-order valence-corrected chi connectivity index (χ0v) is 18.6. The number of benzene rings is 1. The number of ether oxygens (including phenoxy) is 1. The van der Waals surface area contributed by atoms with Crippen LogP contribution in [0.25, 0.3) is 0 Å². The molecular weight excluding hydrogens is 451 g/mol. The molecular formula is C20H28F3N3O5S. The largest absolute Gasteiger partial charge is 0.427 e. The SMILES string of the molecule is CO[C@@H]([C@@H]1CCCN1)[C@@H](C)C(=O)NS(=O)(=O)c1ccc(C2(NC(O)C(F)(F)F)CC2)cc1. The minimum atomic E-state index is -4.81. The van der Waals surface area contributed by atoms with E-state index in [0.29, 0.717) is 18.4 Å². The molecule has 32 heavy (non-hydrogen) atoms. The van der Waals surface area contributed by atoms with E-state index in [1.165, 1.54) is 31.4 Å². The lowest BCUT2D eigenvalue weighted by Crippen LogP contribution is -2.47. The van der Waals surface area contributed by atoms with E-state index in [4.69, 9.17) is 4.74 Å². The number of sulfonamides is 1. The quantitative estimate of drug-likeness (QED) is 0.395. The molecule has 1 saturated carbocycles.